The minimum absolute atomic E-state index is 0.0839. The topological polar surface area (TPSA) is 38.8 Å². The molecule has 1 aliphatic heterocycles. The molecule has 4 nitrogen and oxygen atoms in total. The second-order valence-corrected chi connectivity index (χ2v) is 2.82. The molecule has 0 aromatic rings. The van der Waals surface area contributed by atoms with Crippen molar-refractivity contribution in [2.75, 3.05) is 26.9 Å². The van der Waals surface area contributed by atoms with E-state index in [4.69, 9.17) is 9.57 Å². The molecule has 4 heteroatoms. The highest BCUT2D eigenvalue weighted by atomic mass is 16.7. The molecule has 0 atom stereocenters. The molecule has 1 heterocycles. The van der Waals surface area contributed by atoms with Crippen molar-refractivity contribution in [1.29, 1.82) is 0 Å². The summed E-state index contributed by atoms with van der Waals surface area (Å²) in [7, 11) is 1.51. The van der Waals surface area contributed by atoms with Crippen molar-refractivity contribution in [3.05, 3.63) is 0 Å². The summed E-state index contributed by atoms with van der Waals surface area (Å²) in [6.45, 7) is 1.46. The summed E-state index contributed by atoms with van der Waals surface area (Å²) in [6, 6.07) is 0. The van der Waals surface area contributed by atoms with Crippen LogP contribution in [0, 0.1) is 0 Å². The van der Waals surface area contributed by atoms with Gasteiger partial charge in [0.1, 0.15) is 6.61 Å². The summed E-state index contributed by atoms with van der Waals surface area (Å²) < 4.78 is 4.73. The lowest BCUT2D eigenvalue weighted by molar-refractivity contribution is -0.187. The summed E-state index contributed by atoms with van der Waals surface area (Å²) >= 11 is 0. The number of rotatable bonds is 2. The van der Waals surface area contributed by atoms with Crippen LogP contribution >= 0.6 is 0 Å². The van der Waals surface area contributed by atoms with Crippen molar-refractivity contribution in [2.45, 2.75) is 19.3 Å². The molecule has 0 N–H and O–H groups in total. The van der Waals surface area contributed by atoms with Crippen molar-refractivity contribution in [2.24, 2.45) is 0 Å². The Labute approximate surface area is 72.4 Å². The Morgan fingerprint density at radius 2 is 2.33 bits per heavy atom. The van der Waals surface area contributed by atoms with Crippen LogP contribution in [0.2, 0.25) is 0 Å². The van der Waals surface area contributed by atoms with Gasteiger partial charge in [-0.15, -0.1) is 0 Å². The van der Waals surface area contributed by atoms with Crippen molar-refractivity contribution >= 4 is 5.91 Å². The molecular formula is C8H15NO3. The van der Waals surface area contributed by atoms with Crippen LogP contribution in [0.4, 0.5) is 0 Å². The van der Waals surface area contributed by atoms with Gasteiger partial charge in [-0.05, 0) is 19.3 Å². The second-order valence-electron chi connectivity index (χ2n) is 2.82. The molecule has 0 bridgehead atoms. The lowest BCUT2D eigenvalue weighted by Gasteiger charge is -2.18. The van der Waals surface area contributed by atoms with E-state index in [1.165, 1.54) is 12.2 Å². The fraction of sp³-hybridized carbons (Fsp3) is 0.875. The third kappa shape index (κ3) is 2.79. The lowest BCUT2D eigenvalue weighted by atomic mass is 10.2. The summed E-state index contributed by atoms with van der Waals surface area (Å²) in [5, 5.41) is 1.41. The van der Waals surface area contributed by atoms with Gasteiger partial charge in [0.05, 0.1) is 6.61 Å². The molecule has 1 fully saturated rings. The fourth-order valence-corrected chi connectivity index (χ4v) is 1.17. The largest absolute Gasteiger partial charge is 0.375 e. The van der Waals surface area contributed by atoms with E-state index in [-0.39, 0.29) is 12.5 Å². The van der Waals surface area contributed by atoms with Crippen molar-refractivity contribution in [1.82, 2.24) is 5.06 Å². The Kier molecular flexibility index (Phi) is 4.04. The van der Waals surface area contributed by atoms with Crippen molar-refractivity contribution in [3.63, 3.8) is 0 Å². The summed E-state index contributed by atoms with van der Waals surface area (Å²) in [5.74, 6) is -0.0839. The first-order valence-corrected chi connectivity index (χ1v) is 4.27. The van der Waals surface area contributed by atoms with E-state index in [1.54, 1.807) is 0 Å². The SMILES string of the molecule is COCC(=O)N1CCCCCO1. The van der Waals surface area contributed by atoms with Gasteiger partial charge in [0.25, 0.3) is 5.91 Å². The van der Waals surface area contributed by atoms with Gasteiger partial charge in [-0.2, -0.15) is 0 Å². The zero-order valence-electron chi connectivity index (χ0n) is 7.41. The molecule has 0 saturated carbocycles. The minimum atomic E-state index is -0.0839. The quantitative estimate of drug-likeness (QED) is 0.613. The smallest absolute Gasteiger partial charge is 0.272 e. The lowest BCUT2D eigenvalue weighted by Crippen LogP contribution is -2.33. The van der Waals surface area contributed by atoms with Crippen LogP contribution in [0.3, 0.4) is 0 Å². The van der Waals surface area contributed by atoms with Crippen LogP contribution in [0.1, 0.15) is 19.3 Å². The van der Waals surface area contributed by atoms with E-state index in [1.807, 2.05) is 0 Å². The first kappa shape index (κ1) is 9.48. The van der Waals surface area contributed by atoms with E-state index in [2.05, 4.69) is 0 Å². The Morgan fingerprint density at radius 1 is 1.50 bits per heavy atom. The minimum Gasteiger partial charge on any atom is -0.375 e. The molecule has 1 rings (SSSR count). The molecule has 0 aromatic carbocycles. The number of amides is 1. The van der Waals surface area contributed by atoms with Crippen LogP contribution in [0.25, 0.3) is 0 Å². The van der Waals surface area contributed by atoms with Crippen LogP contribution in [0.15, 0.2) is 0 Å². The van der Waals surface area contributed by atoms with Crippen LogP contribution in [-0.4, -0.2) is 37.8 Å². The van der Waals surface area contributed by atoms with Crippen molar-refractivity contribution in [3.8, 4) is 0 Å². The van der Waals surface area contributed by atoms with Gasteiger partial charge in [-0.1, -0.05) is 0 Å². The normalized spacial score (nSPS) is 18.9. The highest BCUT2D eigenvalue weighted by molar-refractivity contribution is 5.76. The zero-order chi connectivity index (χ0) is 8.81. The van der Waals surface area contributed by atoms with Crippen LogP contribution in [-0.2, 0) is 14.4 Å². The standard InChI is InChI=1S/C8H15NO3/c1-11-7-8(10)9-5-3-2-4-6-12-9/h2-7H2,1H3. The molecule has 1 aliphatic rings. The monoisotopic (exact) mass is 173 g/mol. The number of hydrogen-bond donors (Lipinski definition) is 0. The molecule has 70 valence electrons. The number of carbonyl (C=O) groups is 1. The number of hydroxylamine groups is 2. The molecule has 1 amide bonds. The number of carbonyl (C=O) groups excluding carboxylic acids is 1. The predicted octanol–water partition coefficient (Wildman–Crippen LogP) is 0.577. The number of hydrogen-bond acceptors (Lipinski definition) is 3. The number of ether oxygens (including phenoxy) is 1. The highest BCUT2D eigenvalue weighted by Crippen LogP contribution is 2.06. The van der Waals surface area contributed by atoms with E-state index in [0.29, 0.717) is 13.2 Å². The zero-order valence-corrected chi connectivity index (χ0v) is 7.41. The molecule has 0 unspecified atom stereocenters. The van der Waals surface area contributed by atoms with Gasteiger partial charge < -0.3 is 4.74 Å². The molecule has 0 aromatic heterocycles. The maximum absolute atomic E-state index is 11.2. The molecule has 0 aliphatic carbocycles. The van der Waals surface area contributed by atoms with E-state index < -0.39 is 0 Å². The maximum Gasteiger partial charge on any atom is 0.272 e. The number of nitrogens with zero attached hydrogens (tertiary/aromatic N) is 1. The molecule has 0 radical (unpaired) electrons. The molecule has 12 heavy (non-hydrogen) atoms. The molecule has 0 spiro atoms. The predicted molar refractivity (Wildman–Crippen MR) is 43.4 cm³/mol. The summed E-state index contributed by atoms with van der Waals surface area (Å²) in [6.07, 6.45) is 3.20. The Balaban J connectivity index is 2.32. The average molecular weight is 173 g/mol. The third-order valence-electron chi connectivity index (χ3n) is 1.80. The summed E-state index contributed by atoms with van der Waals surface area (Å²) in [5.41, 5.74) is 0. The van der Waals surface area contributed by atoms with Crippen LogP contribution in [0.5, 0.6) is 0 Å². The first-order valence-electron chi connectivity index (χ1n) is 4.27. The Hall–Kier alpha value is -0.610. The highest BCUT2D eigenvalue weighted by Gasteiger charge is 2.15. The van der Waals surface area contributed by atoms with E-state index >= 15 is 0 Å². The van der Waals surface area contributed by atoms with Crippen LogP contribution < -0.4 is 0 Å². The van der Waals surface area contributed by atoms with Gasteiger partial charge in [0.15, 0.2) is 0 Å². The second kappa shape index (κ2) is 5.11. The maximum atomic E-state index is 11.2. The summed E-state index contributed by atoms with van der Waals surface area (Å²) in [4.78, 5) is 16.4. The van der Waals surface area contributed by atoms with Gasteiger partial charge in [0, 0.05) is 13.7 Å². The van der Waals surface area contributed by atoms with Gasteiger partial charge in [-0.3, -0.25) is 9.63 Å². The first-order chi connectivity index (χ1) is 5.84. The third-order valence-corrected chi connectivity index (χ3v) is 1.80. The van der Waals surface area contributed by atoms with Gasteiger partial charge in [0.2, 0.25) is 0 Å². The molecule has 1 saturated heterocycles. The van der Waals surface area contributed by atoms with E-state index in [9.17, 15) is 4.79 Å². The van der Waals surface area contributed by atoms with E-state index in [0.717, 1.165) is 19.3 Å². The molecular weight excluding hydrogens is 158 g/mol. The van der Waals surface area contributed by atoms with Crippen molar-refractivity contribution < 1.29 is 14.4 Å². The number of methoxy groups -OCH3 is 1. The fourth-order valence-electron chi connectivity index (χ4n) is 1.17. The van der Waals surface area contributed by atoms with Gasteiger partial charge in [-0.25, -0.2) is 5.06 Å². The Bertz CT molecular complexity index is 141. The van der Waals surface area contributed by atoms with Gasteiger partial charge >= 0.3 is 0 Å². The Morgan fingerprint density at radius 3 is 3.08 bits per heavy atom. The average Bonchev–Trinajstić information content (AvgIpc) is 2.32.